The van der Waals surface area contributed by atoms with Crippen LogP contribution in [0, 0.1) is 11.6 Å². The smallest absolute Gasteiger partial charge is 0.166 e. The standard InChI is InChI=1S/C12H8F2N2O/c13-7-1-2-11(9(14)5-7)16-10-3-4-12(17)8(10)6-15-16/h1-2,5-6H,3-4H2. The van der Waals surface area contributed by atoms with Crippen LogP contribution >= 0.6 is 0 Å². The van der Waals surface area contributed by atoms with Gasteiger partial charge in [0.2, 0.25) is 0 Å². The van der Waals surface area contributed by atoms with Gasteiger partial charge in [0.1, 0.15) is 11.5 Å². The topological polar surface area (TPSA) is 34.9 Å². The Labute approximate surface area is 95.7 Å². The lowest BCUT2D eigenvalue weighted by Gasteiger charge is -2.06. The molecule has 0 unspecified atom stereocenters. The van der Waals surface area contributed by atoms with Gasteiger partial charge in [-0.05, 0) is 18.6 Å². The Morgan fingerprint density at radius 2 is 2.06 bits per heavy atom. The zero-order chi connectivity index (χ0) is 12.0. The quantitative estimate of drug-likeness (QED) is 0.758. The van der Waals surface area contributed by atoms with Crippen molar-refractivity contribution in [1.82, 2.24) is 9.78 Å². The second-order valence-electron chi connectivity index (χ2n) is 3.94. The van der Waals surface area contributed by atoms with Crippen molar-refractivity contribution in [3.63, 3.8) is 0 Å². The van der Waals surface area contributed by atoms with Crippen molar-refractivity contribution < 1.29 is 13.6 Å². The lowest BCUT2D eigenvalue weighted by Crippen LogP contribution is -2.03. The summed E-state index contributed by atoms with van der Waals surface area (Å²) in [5.41, 5.74) is 1.40. The Kier molecular flexibility index (Phi) is 2.07. The van der Waals surface area contributed by atoms with E-state index in [9.17, 15) is 13.6 Å². The molecular formula is C12H8F2N2O. The number of fused-ring (bicyclic) bond motifs is 1. The van der Waals surface area contributed by atoms with Crippen LogP contribution in [0.2, 0.25) is 0 Å². The molecule has 1 aromatic carbocycles. The number of benzene rings is 1. The van der Waals surface area contributed by atoms with Crippen LogP contribution in [0.25, 0.3) is 5.69 Å². The van der Waals surface area contributed by atoms with E-state index in [1.54, 1.807) is 0 Å². The van der Waals surface area contributed by atoms with E-state index in [0.717, 1.165) is 6.07 Å². The number of hydrogen-bond acceptors (Lipinski definition) is 2. The second-order valence-corrected chi connectivity index (χ2v) is 3.94. The van der Waals surface area contributed by atoms with Crippen molar-refractivity contribution in [3.8, 4) is 5.69 Å². The SMILES string of the molecule is O=C1CCc2c1cnn2-c1ccc(F)cc1F. The van der Waals surface area contributed by atoms with Gasteiger partial charge in [0.15, 0.2) is 11.6 Å². The van der Waals surface area contributed by atoms with Gasteiger partial charge in [-0.3, -0.25) is 4.79 Å². The Hall–Kier alpha value is -2.04. The van der Waals surface area contributed by atoms with E-state index in [0.29, 0.717) is 24.1 Å². The Bertz CT molecular complexity index is 619. The molecule has 1 aliphatic rings. The molecule has 0 bridgehead atoms. The van der Waals surface area contributed by atoms with Crippen LogP contribution in [-0.2, 0) is 6.42 Å². The molecule has 2 aromatic rings. The molecule has 0 N–H and O–H groups in total. The van der Waals surface area contributed by atoms with Crippen molar-refractivity contribution in [3.05, 3.63) is 47.3 Å². The van der Waals surface area contributed by atoms with Gasteiger partial charge >= 0.3 is 0 Å². The first-order valence-electron chi connectivity index (χ1n) is 5.22. The van der Waals surface area contributed by atoms with Crippen molar-refractivity contribution in [2.45, 2.75) is 12.8 Å². The molecule has 0 saturated heterocycles. The molecule has 1 aromatic heterocycles. The molecule has 0 aliphatic heterocycles. The maximum absolute atomic E-state index is 13.6. The number of nitrogens with zero attached hydrogens (tertiary/aromatic N) is 2. The van der Waals surface area contributed by atoms with Crippen LogP contribution in [0.15, 0.2) is 24.4 Å². The highest BCUT2D eigenvalue weighted by Gasteiger charge is 2.25. The van der Waals surface area contributed by atoms with Crippen molar-refractivity contribution >= 4 is 5.78 Å². The summed E-state index contributed by atoms with van der Waals surface area (Å²) >= 11 is 0. The summed E-state index contributed by atoms with van der Waals surface area (Å²) in [4.78, 5) is 11.4. The van der Waals surface area contributed by atoms with Crippen molar-refractivity contribution in [2.75, 3.05) is 0 Å². The number of hydrogen-bond donors (Lipinski definition) is 0. The summed E-state index contributed by atoms with van der Waals surface area (Å²) in [6.07, 6.45) is 2.41. The maximum Gasteiger partial charge on any atom is 0.166 e. The molecular weight excluding hydrogens is 226 g/mol. The molecule has 86 valence electrons. The Morgan fingerprint density at radius 1 is 1.24 bits per heavy atom. The van der Waals surface area contributed by atoms with Gasteiger partial charge in [-0.15, -0.1) is 0 Å². The zero-order valence-electron chi connectivity index (χ0n) is 8.78. The summed E-state index contributed by atoms with van der Waals surface area (Å²) in [6.45, 7) is 0. The van der Waals surface area contributed by atoms with Crippen molar-refractivity contribution in [2.24, 2.45) is 0 Å². The molecule has 0 fully saturated rings. The molecule has 0 atom stereocenters. The van der Waals surface area contributed by atoms with Crippen LogP contribution in [0.4, 0.5) is 8.78 Å². The monoisotopic (exact) mass is 234 g/mol. The number of carbonyl (C=O) groups is 1. The zero-order valence-corrected chi connectivity index (χ0v) is 8.78. The van der Waals surface area contributed by atoms with E-state index < -0.39 is 11.6 Å². The van der Waals surface area contributed by atoms with Crippen LogP contribution in [0.3, 0.4) is 0 Å². The number of ketones is 1. The fourth-order valence-corrected chi connectivity index (χ4v) is 2.07. The number of rotatable bonds is 1. The molecule has 0 saturated carbocycles. The summed E-state index contributed by atoms with van der Waals surface area (Å²) in [5, 5.41) is 3.98. The van der Waals surface area contributed by atoms with Crippen LogP contribution in [-0.4, -0.2) is 15.6 Å². The minimum atomic E-state index is -0.685. The van der Waals surface area contributed by atoms with Gasteiger partial charge in [-0.2, -0.15) is 5.10 Å². The van der Waals surface area contributed by atoms with Gasteiger partial charge < -0.3 is 0 Å². The second kappa shape index (κ2) is 3.48. The molecule has 0 spiro atoms. The maximum atomic E-state index is 13.6. The highest BCUT2D eigenvalue weighted by molar-refractivity contribution is 5.99. The summed E-state index contributed by atoms with van der Waals surface area (Å²) in [5.74, 6) is -1.30. The summed E-state index contributed by atoms with van der Waals surface area (Å²) in [7, 11) is 0. The minimum absolute atomic E-state index is 0.0220. The molecule has 17 heavy (non-hydrogen) atoms. The molecule has 3 rings (SSSR count). The van der Waals surface area contributed by atoms with Crippen molar-refractivity contribution in [1.29, 1.82) is 0 Å². The largest absolute Gasteiger partial charge is 0.294 e. The third kappa shape index (κ3) is 1.46. The summed E-state index contributed by atoms with van der Waals surface area (Å²) < 4.78 is 27.8. The highest BCUT2D eigenvalue weighted by atomic mass is 19.1. The van der Waals surface area contributed by atoms with E-state index in [-0.39, 0.29) is 11.5 Å². The molecule has 0 radical (unpaired) electrons. The highest BCUT2D eigenvalue weighted by Crippen LogP contribution is 2.25. The van der Waals surface area contributed by atoms with Crippen LogP contribution in [0.5, 0.6) is 0 Å². The fraction of sp³-hybridized carbons (Fsp3) is 0.167. The lowest BCUT2D eigenvalue weighted by atomic mass is 10.2. The predicted molar refractivity (Wildman–Crippen MR) is 56.1 cm³/mol. The minimum Gasteiger partial charge on any atom is -0.294 e. The van der Waals surface area contributed by atoms with E-state index >= 15 is 0 Å². The number of Topliss-reactive ketones (excluding diaryl/α,β-unsaturated/α-hetero) is 1. The van der Waals surface area contributed by atoms with E-state index in [1.165, 1.54) is 23.0 Å². The third-order valence-electron chi connectivity index (χ3n) is 2.90. The Morgan fingerprint density at radius 3 is 2.82 bits per heavy atom. The molecule has 3 nitrogen and oxygen atoms in total. The molecule has 0 amide bonds. The molecule has 1 aliphatic carbocycles. The van der Waals surface area contributed by atoms with E-state index in [4.69, 9.17) is 0 Å². The molecule has 1 heterocycles. The number of carbonyl (C=O) groups excluding carboxylic acids is 1. The van der Waals surface area contributed by atoms with Gasteiger partial charge in [0.05, 0.1) is 17.5 Å². The average molecular weight is 234 g/mol. The summed E-state index contributed by atoms with van der Waals surface area (Å²) in [6, 6.07) is 3.30. The normalized spacial score (nSPS) is 14.1. The number of halogens is 2. The first-order valence-corrected chi connectivity index (χ1v) is 5.22. The Balaban J connectivity index is 2.17. The lowest BCUT2D eigenvalue weighted by molar-refractivity contribution is 0.0994. The van der Waals surface area contributed by atoms with Crippen LogP contribution < -0.4 is 0 Å². The number of aromatic nitrogens is 2. The predicted octanol–water partition coefficient (Wildman–Crippen LogP) is 2.28. The van der Waals surface area contributed by atoms with Gasteiger partial charge in [0.25, 0.3) is 0 Å². The average Bonchev–Trinajstić information content (AvgIpc) is 2.83. The third-order valence-corrected chi connectivity index (χ3v) is 2.90. The van der Waals surface area contributed by atoms with Gasteiger partial charge in [-0.25, -0.2) is 13.5 Å². The first kappa shape index (κ1) is 10.1. The van der Waals surface area contributed by atoms with Gasteiger partial charge in [0, 0.05) is 12.5 Å². The van der Waals surface area contributed by atoms with E-state index in [2.05, 4.69) is 5.10 Å². The van der Waals surface area contributed by atoms with Gasteiger partial charge in [-0.1, -0.05) is 0 Å². The van der Waals surface area contributed by atoms with Crippen LogP contribution in [0.1, 0.15) is 22.5 Å². The first-order chi connectivity index (χ1) is 8.16. The van der Waals surface area contributed by atoms with E-state index in [1.807, 2.05) is 0 Å². The molecule has 5 heteroatoms. The fourth-order valence-electron chi connectivity index (χ4n) is 2.07.